The molecule has 234 valence electrons. The summed E-state index contributed by atoms with van der Waals surface area (Å²) in [5.41, 5.74) is 1.63. The Morgan fingerprint density at radius 1 is 1.16 bits per heavy atom. The molecule has 0 aliphatic carbocycles. The van der Waals surface area contributed by atoms with Gasteiger partial charge in [-0.05, 0) is 48.6 Å². The van der Waals surface area contributed by atoms with E-state index in [9.17, 15) is 29.4 Å². The van der Waals surface area contributed by atoms with Crippen LogP contribution in [-0.4, -0.2) is 78.4 Å². The molecular formula is C33H39N3O8. The maximum absolute atomic E-state index is 13.9. The number of hydrogen-bond acceptors (Lipinski definition) is 8. The minimum atomic E-state index is -1.95. The SMILES string of the molecule is COC(=O)CCCCN1C(=O)[C@](O)([C@H](C)/C=C/CC(=O)N2Cc3ccccc3C[C@H]2CO)c2cc(N3CCOC3=O)ccc21. The highest BCUT2D eigenvalue weighted by Crippen LogP contribution is 2.47. The third kappa shape index (κ3) is 5.94. The van der Waals surface area contributed by atoms with Crippen molar-refractivity contribution in [3.63, 3.8) is 0 Å². The highest BCUT2D eigenvalue weighted by molar-refractivity contribution is 6.08. The molecule has 5 rings (SSSR count). The van der Waals surface area contributed by atoms with Crippen molar-refractivity contribution < 1.29 is 38.9 Å². The van der Waals surface area contributed by atoms with E-state index in [0.29, 0.717) is 49.3 Å². The van der Waals surface area contributed by atoms with Crippen molar-refractivity contribution in [2.75, 3.05) is 43.2 Å². The molecule has 3 aliphatic rings. The lowest BCUT2D eigenvalue weighted by atomic mass is 9.82. The van der Waals surface area contributed by atoms with Crippen LogP contribution in [0.1, 0.15) is 49.3 Å². The van der Waals surface area contributed by atoms with E-state index < -0.39 is 23.5 Å². The summed E-state index contributed by atoms with van der Waals surface area (Å²) in [5.74, 6) is -1.72. The van der Waals surface area contributed by atoms with Crippen LogP contribution in [0.5, 0.6) is 0 Å². The number of benzene rings is 2. The first-order chi connectivity index (χ1) is 21.2. The van der Waals surface area contributed by atoms with Crippen molar-refractivity contribution in [2.24, 2.45) is 5.92 Å². The maximum atomic E-state index is 13.9. The van der Waals surface area contributed by atoms with Crippen LogP contribution in [0, 0.1) is 5.92 Å². The number of rotatable bonds is 11. The Labute approximate surface area is 256 Å². The summed E-state index contributed by atoms with van der Waals surface area (Å²) >= 11 is 0. The summed E-state index contributed by atoms with van der Waals surface area (Å²) in [4.78, 5) is 55.6. The highest BCUT2D eigenvalue weighted by atomic mass is 16.6. The summed E-state index contributed by atoms with van der Waals surface area (Å²) in [6, 6.07) is 12.6. The Balaban J connectivity index is 1.35. The molecule has 1 fully saturated rings. The summed E-state index contributed by atoms with van der Waals surface area (Å²) in [7, 11) is 1.33. The second kappa shape index (κ2) is 13.2. The molecule has 0 aromatic heterocycles. The molecule has 0 unspecified atom stereocenters. The van der Waals surface area contributed by atoms with Gasteiger partial charge in [-0.2, -0.15) is 0 Å². The summed E-state index contributed by atoms with van der Waals surface area (Å²) < 4.78 is 9.79. The molecule has 0 spiro atoms. The molecule has 2 N–H and O–H groups in total. The van der Waals surface area contributed by atoms with Gasteiger partial charge in [0.15, 0.2) is 5.60 Å². The van der Waals surface area contributed by atoms with E-state index in [4.69, 9.17) is 9.47 Å². The van der Waals surface area contributed by atoms with Crippen LogP contribution in [0.3, 0.4) is 0 Å². The third-order valence-electron chi connectivity index (χ3n) is 8.83. The van der Waals surface area contributed by atoms with E-state index in [-0.39, 0.29) is 50.5 Å². The van der Waals surface area contributed by atoms with Crippen molar-refractivity contribution in [2.45, 2.75) is 57.2 Å². The van der Waals surface area contributed by atoms with Gasteiger partial charge >= 0.3 is 12.1 Å². The van der Waals surface area contributed by atoms with Gasteiger partial charge in [0, 0.05) is 43.1 Å². The molecular weight excluding hydrogens is 566 g/mol. The average Bonchev–Trinajstić information content (AvgIpc) is 3.56. The van der Waals surface area contributed by atoms with Gasteiger partial charge in [0.05, 0.1) is 32.0 Å². The van der Waals surface area contributed by atoms with Gasteiger partial charge in [0.25, 0.3) is 5.91 Å². The zero-order chi connectivity index (χ0) is 31.4. The lowest BCUT2D eigenvalue weighted by Gasteiger charge is -2.36. The lowest BCUT2D eigenvalue weighted by Crippen LogP contribution is -2.46. The number of esters is 1. The van der Waals surface area contributed by atoms with Gasteiger partial charge in [-0.15, -0.1) is 0 Å². The topological polar surface area (TPSA) is 137 Å². The van der Waals surface area contributed by atoms with Gasteiger partial charge in [-0.25, -0.2) is 4.79 Å². The molecule has 3 atom stereocenters. The van der Waals surface area contributed by atoms with Crippen LogP contribution < -0.4 is 9.80 Å². The number of ether oxygens (including phenoxy) is 2. The molecule has 2 aromatic rings. The predicted octanol–water partition coefficient (Wildman–Crippen LogP) is 3.05. The van der Waals surface area contributed by atoms with Gasteiger partial charge in [-0.3, -0.25) is 19.3 Å². The molecule has 11 nitrogen and oxygen atoms in total. The molecule has 3 aliphatic heterocycles. The minimum absolute atomic E-state index is 0.0387. The minimum Gasteiger partial charge on any atom is -0.469 e. The number of carbonyl (C=O) groups is 4. The Hall–Kier alpha value is -4.22. The standard InChI is InChI=1S/C33H39N3O8/c1-22(8-7-11-29(38)36-20-24-10-4-3-9-23(24)18-26(36)21-37)33(42)27-19-25(34-16-17-44-32(34)41)13-14-28(27)35(31(33)40)15-6-5-12-30(39)43-2/h3-4,7-10,13-14,19,22,26,37,42H,5-6,11-12,15-18,20-21H2,1-2H3/b8-7+/t22-,26+,33+/m1/s1. The molecule has 11 heteroatoms. The van der Waals surface area contributed by atoms with Gasteiger partial charge in [-0.1, -0.05) is 43.3 Å². The molecule has 2 aromatic carbocycles. The van der Waals surface area contributed by atoms with Crippen molar-refractivity contribution >= 4 is 35.3 Å². The lowest BCUT2D eigenvalue weighted by molar-refractivity contribution is -0.140. The Morgan fingerprint density at radius 2 is 1.93 bits per heavy atom. The van der Waals surface area contributed by atoms with Crippen molar-refractivity contribution in [3.8, 4) is 0 Å². The van der Waals surface area contributed by atoms with Gasteiger partial charge in [0.1, 0.15) is 6.61 Å². The molecule has 0 radical (unpaired) electrons. The number of nitrogens with zero attached hydrogens (tertiary/aromatic N) is 3. The fourth-order valence-electron chi connectivity index (χ4n) is 6.27. The number of unbranched alkanes of at least 4 members (excludes halogenated alkanes) is 1. The number of fused-ring (bicyclic) bond motifs is 2. The largest absolute Gasteiger partial charge is 0.469 e. The zero-order valence-corrected chi connectivity index (χ0v) is 25.1. The van der Waals surface area contributed by atoms with Crippen LogP contribution in [0.15, 0.2) is 54.6 Å². The van der Waals surface area contributed by atoms with Crippen LogP contribution in [0.2, 0.25) is 0 Å². The second-order valence-corrected chi connectivity index (χ2v) is 11.5. The van der Waals surface area contributed by atoms with Gasteiger partial charge in [0.2, 0.25) is 5.91 Å². The molecule has 3 heterocycles. The van der Waals surface area contributed by atoms with Crippen molar-refractivity contribution in [1.29, 1.82) is 0 Å². The average molecular weight is 606 g/mol. The Morgan fingerprint density at radius 3 is 2.64 bits per heavy atom. The summed E-state index contributed by atoms with van der Waals surface area (Å²) in [6.45, 7) is 2.87. The van der Waals surface area contributed by atoms with Crippen LogP contribution in [-0.2, 0) is 42.4 Å². The van der Waals surface area contributed by atoms with Crippen LogP contribution >= 0.6 is 0 Å². The number of methoxy groups -OCH3 is 1. The zero-order valence-electron chi connectivity index (χ0n) is 25.1. The monoisotopic (exact) mass is 605 g/mol. The number of aliphatic hydroxyl groups excluding tert-OH is 1. The predicted molar refractivity (Wildman–Crippen MR) is 162 cm³/mol. The Kier molecular flexibility index (Phi) is 9.36. The molecule has 1 saturated heterocycles. The van der Waals surface area contributed by atoms with E-state index in [1.807, 2.05) is 24.3 Å². The smallest absolute Gasteiger partial charge is 0.414 e. The number of carbonyl (C=O) groups excluding carboxylic acids is 4. The first kappa shape index (κ1) is 31.2. The van der Waals surface area contributed by atoms with E-state index >= 15 is 0 Å². The summed E-state index contributed by atoms with van der Waals surface area (Å²) in [6.07, 6.45) is 4.69. The fourth-order valence-corrected chi connectivity index (χ4v) is 6.27. The van der Waals surface area contributed by atoms with E-state index in [1.54, 1.807) is 42.2 Å². The van der Waals surface area contributed by atoms with Gasteiger partial charge < -0.3 is 29.5 Å². The molecule has 0 saturated carbocycles. The Bertz CT molecular complexity index is 1460. The molecule has 44 heavy (non-hydrogen) atoms. The first-order valence-electron chi connectivity index (χ1n) is 15.0. The number of aliphatic hydroxyl groups is 2. The number of cyclic esters (lactones) is 1. The van der Waals surface area contributed by atoms with Crippen molar-refractivity contribution in [3.05, 3.63) is 71.3 Å². The fraction of sp³-hybridized carbons (Fsp3) is 0.455. The van der Waals surface area contributed by atoms with Crippen molar-refractivity contribution in [1.82, 2.24) is 4.90 Å². The first-order valence-corrected chi connectivity index (χ1v) is 15.0. The van der Waals surface area contributed by atoms with Crippen LogP contribution in [0.4, 0.5) is 16.2 Å². The van der Waals surface area contributed by atoms with Crippen LogP contribution in [0.25, 0.3) is 0 Å². The number of anilines is 2. The van der Waals surface area contributed by atoms with E-state index in [1.165, 1.54) is 16.9 Å². The third-order valence-corrected chi connectivity index (χ3v) is 8.83. The van der Waals surface area contributed by atoms with E-state index in [0.717, 1.165) is 11.1 Å². The summed E-state index contributed by atoms with van der Waals surface area (Å²) in [5, 5.41) is 22.1. The number of amides is 3. The highest BCUT2D eigenvalue weighted by Gasteiger charge is 2.52. The normalized spacial score (nSPS) is 21.8. The molecule has 3 amide bonds. The second-order valence-electron chi connectivity index (χ2n) is 11.5. The molecule has 0 bridgehead atoms. The number of hydrogen-bond donors (Lipinski definition) is 2. The maximum Gasteiger partial charge on any atom is 0.414 e. The van der Waals surface area contributed by atoms with E-state index in [2.05, 4.69) is 0 Å². The quantitative estimate of drug-likeness (QED) is 0.227.